The van der Waals surface area contributed by atoms with Crippen LogP contribution < -0.4 is 0 Å². The van der Waals surface area contributed by atoms with Gasteiger partial charge in [0.1, 0.15) is 0 Å². The Balaban J connectivity index is 0.000000325. The van der Waals surface area contributed by atoms with Crippen LogP contribution in [-0.2, 0) is 22.5 Å². The van der Waals surface area contributed by atoms with Gasteiger partial charge in [0.15, 0.2) is 5.82 Å². The van der Waals surface area contributed by atoms with Crippen LogP contribution in [0.4, 0.5) is 13.2 Å². The minimum atomic E-state index is -5.08. The lowest BCUT2D eigenvalue weighted by atomic mass is 10.0. The van der Waals surface area contributed by atoms with Crippen molar-refractivity contribution < 1.29 is 32.3 Å². The number of alkyl halides is 3. The number of carboxylic acids is 1. The molecule has 1 aromatic carbocycles. The van der Waals surface area contributed by atoms with Crippen molar-refractivity contribution in [2.75, 3.05) is 13.1 Å². The zero-order valence-corrected chi connectivity index (χ0v) is 17.8. The minimum Gasteiger partial charge on any atom is -0.475 e. The highest BCUT2D eigenvalue weighted by Gasteiger charge is 2.42. The predicted molar refractivity (Wildman–Crippen MR) is 110 cm³/mol. The third kappa shape index (κ3) is 5.85. The zero-order chi connectivity index (χ0) is 23.6. The highest BCUT2D eigenvalue weighted by molar-refractivity contribution is 5.78. The fraction of sp³-hybridized carbons (Fsp3) is 0.455. The molecule has 5 rings (SSSR count). The van der Waals surface area contributed by atoms with Gasteiger partial charge in [-0.05, 0) is 25.5 Å². The third-order valence-corrected chi connectivity index (χ3v) is 5.65. The smallest absolute Gasteiger partial charge is 0.475 e. The number of aromatic nitrogens is 3. The summed E-state index contributed by atoms with van der Waals surface area (Å²) in [4.78, 5) is 20.4. The molecule has 11 heteroatoms. The molecule has 3 atom stereocenters. The fourth-order valence-electron chi connectivity index (χ4n) is 4.25. The number of aryl methyl sites for hydroxylation is 1. The Morgan fingerprint density at radius 3 is 2.61 bits per heavy atom. The molecule has 1 N–H and O–H groups in total. The molecule has 0 aliphatic carbocycles. The topological polar surface area (TPSA) is 102 Å². The quantitative estimate of drug-likeness (QED) is 0.627. The molecule has 8 nitrogen and oxygen atoms in total. The van der Waals surface area contributed by atoms with Gasteiger partial charge in [0.2, 0.25) is 5.89 Å². The van der Waals surface area contributed by atoms with Crippen LogP contribution in [0.15, 0.2) is 40.9 Å². The maximum atomic E-state index is 10.6. The molecule has 3 aromatic rings. The van der Waals surface area contributed by atoms with Crippen LogP contribution in [0.5, 0.6) is 0 Å². The van der Waals surface area contributed by atoms with Gasteiger partial charge in [-0.25, -0.2) is 4.79 Å². The van der Waals surface area contributed by atoms with Gasteiger partial charge in [0, 0.05) is 30.9 Å². The van der Waals surface area contributed by atoms with Crippen molar-refractivity contribution in [2.24, 2.45) is 5.92 Å². The zero-order valence-electron chi connectivity index (χ0n) is 17.8. The summed E-state index contributed by atoms with van der Waals surface area (Å²) in [5.41, 5.74) is 2.19. The lowest BCUT2D eigenvalue weighted by molar-refractivity contribution is -0.192. The van der Waals surface area contributed by atoms with E-state index in [1.807, 2.05) is 13.0 Å². The minimum absolute atomic E-state index is 0.200. The second kappa shape index (κ2) is 9.44. The van der Waals surface area contributed by atoms with Gasteiger partial charge in [-0.3, -0.25) is 9.88 Å². The summed E-state index contributed by atoms with van der Waals surface area (Å²) < 4.78 is 43.2. The van der Waals surface area contributed by atoms with Crippen molar-refractivity contribution in [1.29, 1.82) is 0 Å². The number of hydrogen-bond donors (Lipinski definition) is 1. The first kappa shape index (κ1) is 23.1. The predicted octanol–water partition coefficient (Wildman–Crippen LogP) is 3.39. The average molecular weight is 464 g/mol. The molecular formula is C22H23F3N4O4. The van der Waals surface area contributed by atoms with Crippen LogP contribution >= 0.6 is 0 Å². The fourth-order valence-corrected chi connectivity index (χ4v) is 4.25. The van der Waals surface area contributed by atoms with E-state index in [9.17, 15) is 13.2 Å². The molecule has 0 amide bonds. The second-order valence-corrected chi connectivity index (χ2v) is 8.22. The largest absolute Gasteiger partial charge is 0.490 e. The molecule has 2 aliphatic heterocycles. The molecule has 0 spiro atoms. The highest BCUT2D eigenvalue weighted by atomic mass is 19.4. The van der Waals surface area contributed by atoms with Crippen molar-refractivity contribution in [3.05, 3.63) is 53.8 Å². The summed E-state index contributed by atoms with van der Waals surface area (Å²) in [6.07, 6.45) is -2.79. The van der Waals surface area contributed by atoms with Crippen LogP contribution in [0.2, 0.25) is 0 Å². The van der Waals surface area contributed by atoms with Crippen LogP contribution in [0, 0.1) is 12.8 Å². The van der Waals surface area contributed by atoms with Crippen LogP contribution in [0.3, 0.4) is 0 Å². The number of benzene rings is 1. The maximum Gasteiger partial charge on any atom is 0.490 e. The summed E-state index contributed by atoms with van der Waals surface area (Å²) in [7, 11) is 0. The Morgan fingerprint density at radius 1 is 1.18 bits per heavy atom. The summed E-state index contributed by atoms with van der Waals surface area (Å²) in [5.74, 6) is -0.797. The SMILES string of the molecule is Cc1noc(C[C@H]2C[C@H]3CN(Cc4ccc5ccccc5n4)C[C@H]3O2)n1.O=C(O)C(F)(F)F. The van der Waals surface area contributed by atoms with Gasteiger partial charge in [0.05, 0.1) is 29.8 Å². The Kier molecular flexibility index (Phi) is 6.61. The molecule has 4 heterocycles. The average Bonchev–Trinajstić information content (AvgIpc) is 3.42. The Hall–Kier alpha value is -3.05. The van der Waals surface area contributed by atoms with Crippen molar-refractivity contribution in [1.82, 2.24) is 20.0 Å². The van der Waals surface area contributed by atoms with Gasteiger partial charge in [0.25, 0.3) is 0 Å². The number of carboxylic acid groups (broad SMARTS) is 1. The summed E-state index contributed by atoms with van der Waals surface area (Å²) >= 11 is 0. The van der Waals surface area contributed by atoms with Crippen molar-refractivity contribution >= 4 is 16.9 Å². The molecule has 2 aromatic heterocycles. The number of nitrogens with zero attached hydrogens (tertiary/aromatic N) is 4. The van der Waals surface area contributed by atoms with E-state index < -0.39 is 12.1 Å². The number of pyridine rings is 1. The Morgan fingerprint density at radius 2 is 1.94 bits per heavy atom. The van der Waals surface area contributed by atoms with Crippen molar-refractivity contribution in [3.8, 4) is 0 Å². The van der Waals surface area contributed by atoms with Gasteiger partial charge < -0.3 is 14.4 Å². The molecule has 0 unspecified atom stereocenters. The number of halogens is 3. The second-order valence-electron chi connectivity index (χ2n) is 8.22. The monoisotopic (exact) mass is 464 g/mol. The van der Waals surface area contributed by atoms with Crippen molar-refractivity contribution in [3.63, 3.8) is 0 Å². The van der Waals surface area contributed by atoms with E-state index in [2.05, 4.69) is 45.4 Å². The standard InChI is InChI=1S/C20H22N4O2.C2HF3O2/c1-13-21-20(26-23-13)9-17-8-15-10-24(12-19(15)25-17)11-16-7-6-14-4-2-3-5-18(14)22-16;3-2(4,5)1(6)7/h2-7,15,17,19H,8-12H2,1H3;(H,6,7)/t15-,17+,19+;/m0./s1. The van der Waals surface area contributed by atoms with Crippen LogP contribution in [0.25, 0.3) is 10.9 Å². The molecule has 33 heavy (non-hydrogen) atoms. The molecule has 0 radical (unpaired) electrons. The number of para-hydroxylation sites is 1. The van der Waals surface area contributed by atoms with Gasteiger partial charge in [-0.2, -0.15) is 18.2 Å². The molecule has 2 fully saturated rings. The number of rotatable bonds is 4. The van der Waals surface area contributed by atoms with E-state index in [1.54, 1.807) is 0 Å². The number of fused-ring (bicyclic) bond motifs is 2. The Bertz CT molecular complexity index is 1110. The first-order valence-electron chi connectivity index (χ1n) is 10.5. The third-order valence-electron chi connectivity index (χ3n) is 5.65. The molecule has 0 saturated carbocycles. The lowest BCUT2D eigenvalue weighted by Crippen LogP contribution is -2.25. The van der Waals surface area contributed by atoms with Gasteiger partial charge in [-0.15, -0.1) is 0 Å². The van der Waals surface area contributed by atoms with E-state index in [-0.39, 0.29) is 6.10 Å². The summed E-state index contributed by atoms with van der Waals surface area (Å²) in [6, 6.07) is 12.6. The number of carbonyl (C=O) groups is 1. The highest BCUT2D eigenvalue weighted by Crippen LogP contribution is 2.34. The van der Waals surface area contributed by atoms with E-state index >= 15 is 0 Å². The maximum absolute atomic E-state index is 10.6. The lowest BCUT2D eigenvalue weighted by Gasteiger charge is -2.18. The summed E-state index contributed by atoms with van der Waals surface area (Å²) in [6.45, 7) is 4.77. The molecule has 176 valence electrons. The number of ether oxygens (including phenoxy) is 1. The summed E-state index contributed by atoms with van der Waals surface area (Å²) in [5, 5.41) is 12.2. The number of likely N-dealkylation sites (tertiary alicyclic amines) is 1. The normalized spacial score (nSPS) is 22.7. The van der Waals surface area contributed by atoms with E-state index in [4.69, 9.17) is 24.1 Å². The molecule has 2 saturated heterocycles. The van der Waals surface area contributed by atoms with E-state index in [1.165, 1.54) is 5.39 Å². The van der Waals surface area contributed by atoms with E-state index in [0.29, 0.717) is 23.7 Å². The van der Waals surface area contributed by atoms with Gasteiger partial charge >= 0.3 is 12.1 Å². The molecular weight excluding hydrogens is 441 g/mol. The first-order valence-corrected chi connectivity index (χ1v) is 10.5. The molecule has 2 aliphatic rings. The van der Waals surface area contributed by atoms with Crippen LogP contribution in [-0.4, -0.2) is 62.6 Å². The molecule has 0 bridgehead atoms. The number of aliphatic carboxylic acids is 1. The van der Waals surface area contributed by atoms with E-state index in [0.717, 1.165) is 43.7 Å². The van der Waals surface area contributed by atoms with Gasteiger partial charge in [-0.1, -0.05) is 29.4 Å². The first-order chi connectivity index (χ1) is 15.7. The van der Waals surface area contributed by atoms with Crippen LogP contribution in [0.1, 0.15) is 23.8 Å². The number of hydrogen-bond acceptors (Lipinski definition) is 7. The Labute approximate surface area is 187 Å². The van der Waals surface area contributed by atoms with Crippen molar-refractivity contribution in [2.45, 2.75) is 44.7 Å².